The topological polar surface area (TPSA) is 16.4 Å². The van der Waals surface area contributed by atoms with Crippen LogP contribution in [0, 0.1) is 0 Å². The van der Waals surface area contributed by atoms with Crippen molar-refractivity contribution in [3.8, 4) is 22.3 Å². The molecule has 0 spiro atoms. The Kier molecular flexibility index (Phi) is 6.96. The lowest BCUT2D eigenvalue weighted by atomic mass is 9.80. The van der Waals surface area contributed by atoms with Gasteiger partial charge in [0.05, 0.1) is 17.1 Å². The van der Waals surface area contributed by atoms with Gasteiger partial charge in [0.25, 0.3) is 0 Å². The van der Waals surface area contributed by atoms with Crippen molar-refractivity contribution in [2.24, 2.45) is 0 Å². The van der Waals surface area contributed by atoms with Gasteiger partial charge in [0.2, 0.25) is 0 Å². The summed E-state index contributed by atoms with van der Waals surface area (Å²) in [5.41, 5.74) is 14.4. The molecule has 0 amide bonds. The summed E-state index contributed by atoms with van der Waals surface area (Å²) in [6.07, 6.45) is 6.50. The third kappa shape index (κ3) is 4.62. The summed E-state index contributed by atoms with van der Waals surface area (Å²) in [4.78, 5) is 2.50. The molecule has 0 bridgehead atoms. The van der Waals surface area contributed by atoms with Crippen LogP contribution in [0.3, 0.4) is 0 Å². The zero-order chi connectivity index (χ0) is 34.1. The fraction of sp³-hybridized carbons (Fsp3) is 0.184. The van der Waals surface area contributed by atoms with Crippen molar-refractivity contribution in [1.82, 2.24) is 0 Å². The molecule has 248 valence electrons. The normalized spacial score (nSPS) is 15.3. The van der Waals surface area contributed by atoms with Crippen LogP contribution < -0.4 is 4.90 Å². The second-order valence-corrected chi connectivity index (χ2v) is 15.1. The summed E-state index contributed by atoms with van der Waals surface area (Å²) in [6.45, 7) is 4.73. The first kappa shape index (κ1) is 30.2. The number of rotatable bonds is 5. The summed E-state index contributed by atoms with van der Waals surface area (Å²) < 4.78 is 6.81. The van der Waals surface area contributed by atoms with Gasteiger partial charge in [-0.3, -0.25) is 0 Å². The second kappa shape index (κ2) is 11.7. The Morgan fingerprint density at radius 3 is 2.04 bits per heavy atom. The molecule has 7 aromatic carbocycles. The lowest BCUT2D eigenvalue weighted by molar-refractivity contribution is 0.445. The number of benzene rings is 7. The van der Waals surface area contributed by atoms with Crippen LogP contribution in [0.25, 0.3) is 55.0 Å². The Labute approximate surface area is 300 Å². The summed E-state index contributed by atoms with van der Waals surface area (Å²) in [5, 5.41) is 4.97. The number of para-hydroxylation sites is 3. The minimum atomic E-state index is -0.122. The Hall–Kier alpha value is -5.60. The molecule has 0 aliphatic heterocycles. The van der Waals surface area contributed by atoms with E-state index in [1.807, 2.05) is 0 Å². The minimum Gasteiger partial charge on any atom is -0.454 e. The molecular formula is C49H41NO. The van der Waals surface area contributed by atoms with Gasteiger partial charge in [-0.15, -0.1) is 0 Å². The molecular weight excluding hydrogens is 619 g/mol. The third-order valence-electron chi connectivity index (χ3n) is 11.9. The van der Waals surface area contributed by atoms with Crippen molar-refractivity contribution in [1.29, 1.82) is 0 Å². The van der Waals surface area contributed by atoms with E-state index in [1.54, 1.807) is 0 Å². The monoisotopic (exact) mass is 659 g/mol. The summed E-state index contributed by atoms with van der Waals surface area (Å²) in [7, 11) is 0. The lowest BCUT2D eigenvalue weighted by Gasteiger charge is -2.31. The average Bonchev–Trinajstić information content (AvgIpc) is 3.68. The lowest BCUT2D eigenvalue weighted by Crippen LogP contribution is -2.16. The molecule has 1 heterocycles. The zero-order valence-electron chi connectivity index (χ0n) is 29.3. The van der Waals surface area contributed by atoms with Crippen molar-refractivity contribution in [2.45, 2.75) is 57.3 Å². The summed E-state index contributed by atoms with van der Waals surface area (Å²) in [6, 6.07) is 53.8. The van der Waals surface area contributed by atoms with Gasteiger partial charge < -0.3 is 9.32 Å². The maximum absolute atomic E-state index is 6.81. The van der Waals surface area contributed by atoms with Crippen molar-refractivity contribution in [3.05, 3.63) is 162 Å². The van der Waals surface area contributed by atoms with E-state index in [0.29, 0.717) is 5.92 Å². The maximum atomic E-state index is 6.81. The van der Waals surface area contributed by atoms with E-state index in [4.69, 9.17) is 4.42 Å². The molecule has 2 nitrogen and oxygen atoms in total. The number of nitrogens with zero attached hydrogens (tertiary/aromatic N) is 1. The Balaban J connectivity index is 1.29. The first-order valence-electron chi connectivity index (χ1n) is 18.6. The van der Waals surface area contributed by atoms with Crippen LogP contribution in [0.1, 0.15) is 68.6 Å². The van der Waals surface area contributed by atoms with Crippen LogP contribution in [0.4, 0.5) is 17.1 Å². The van der Waals surface area contributed by atoms with Crippen molar-refractivity contribution in [3.63, 3.8) is 0 Å². The average molecular weight is 660 g/mol. The molecule has 0 N–H and O–H groups in total. The maximum Gasteiger partial charge on any atom is 0.159 e. The van der Waals surface area contributed by atoms with Crippen molar-refractivity contribution >= 4 is 49.8 Å². The molecule has 0 radical (unpaired) electrons. The molecule has 1 saturated carbocycles. The molecule has 2 heteroatoms. The highest BCUT2D eigenvalue weighted by atomic mass is 16.3. The smallest absolute Gasteiger partial charge is 0.159 e. The van der Waals surface area contributed by atoms with Crippen molar-refractivity contribution < 1.29 is 4.42 Å². The predicted molar refractivity (Wildman–Crippen MR) is 215 cm³/mol. The Bertz CT molecular complexity index is 2610. The van der Waals surface area contributed by atoms with E-state index >= 15 is 0 Å². The first-order valence-corrected chi connectivity index (χ1v) is 18.6. The van der Waals surface area contributed by atoms with Crippen molar-refractivity contribution in [2.75, 3.05) is 4.90 Å². The van der Waals surface area contributed by atoms with E-state index in [1.165, 1.54) is 87.5 Å². The molecule has 10 rings (SSSR count). The molecule has 2 aliphatic rings. The van der Waals surface area contributed by atoms with Crippen LogP contribution in [-0.2, 0) is 5.41 Å². The molecule has 0 saturated heterocycles. The standard InChI is InChI=1S/C49H41NO/c1-49(2)40-26-9-6-22-39(40)47-41(49)27-15-29-43(47)50(44-30-14-25-38-36-21-8-11-31-45(36)51-48(38)44)42-28-10-7-20-35(42)37-24-13-19-33-18-12-23-34(46(33)37)32-16-4-3-5-17-32/h6-15,18-32H,3-5,16-17H2,1-2H3. The fourth-order valence-electron chi connectivity index (χ4n) is 9.46. The molecule has 0 unspecified atom stereocenters. The van der Waals surface area contributed by atoms with Gasteiger partial charge in [-0.05, 0) is 81.6 Å². The van der Waals surface area contributed by atoms with Gasteiger partial charge in [-0.2, -0.15) is 0 Å². The van der Waals surface area contributed by atoms with Gasteiger partial charge in [0.1, 0.15) is 5.58 Å². The van der Waals surface area contributed by atoms with Gasteiger partial charge >= 0.3 is 0 Å². The van der Waals surface area contributed by atoms with Gasteiger partial charge in [-0.1, -0.05) is 154 Å². The zero-order valence-corrected chi connectivity index (χ0v) is 29.3. The van der Waals surface area contributed by atoms with Gasteiger partial charge in [-0.25, -0.2) is 0 Å². The van der Waals surface area contributed by atoms with E-state index < -0.39 is 0 Å². The highest BCUT2D eigenvalue weighted by molar-refractivity contribution is 6.12. The van der Waals surface area contributed by atoms with Crippen LogP contribution in [0.15, 0.2) is 150 Å². The molecule has 1 aromatic heterocycles. The highest BCUT2D eigenvalue weighted by Gasteiger charge is 2.38. The summed E-state index contributed by atoms with van der Waals surface area (Å²) >= 11 is 0. The van der Waals surface area contributed by atoms with Gasteiger partial charge in [0.15, 0.2) is 5.58 Å². The number of anilines is 3. The van der Waals surface area contributed by atoms with E-state index in [9.17, 15) is 0 Å². The molecule has 1 fully saturated rings. The third-order valence-corrected chi connectivity index (χ3v) is 11.9. The van der Waals surface area contributed by atoms with E-state index in [0.717, 1.165) is 33.3 Å². The Morgan fingerprint density at radius 1 is 0.529 bits per heavy atom. The number of hydrogen-bond acceptors (Lipinski definition) is 2. The SMILES string of the molecule is CC1(C)c2ccccc2-c2c(N(c3ccccc3-c3cccc4cccc(C5CCCCC5)c34)c3cccc4c3oc3ccccc34)cccc21. The number of furan rings is 1. The minimum absolute atomic E-state index is 0.122. The second-order valence-electron chi connectivity index (χ2n) is 15.1. The van der Waals surface area contributed by atoms with Crippen LogP contribution in [0.2, 0.25) is 0 Å². The Morgan fingerprint density at radius 2 is 1.16 bits per heavy atom. The van der Waals surface area contributed by atoms with Crippen LogP contribution in [-0.4, -0.2) is 0 Å². The van der Waals surface area contributed by atoms with Crippen LogP contribution in [0.5, 0.6) is 0 Å². The fourth-order valence-corrected chi connectivity index (χ4v) is 9.46. The van der Waals surface area contributed by atoms with Crippen LogP contribution >= 0.6 is 0 Å². The number of hydrogen-bond donors (Lipinski definition) is 0. The predicted octanol–water partition coefficient (Wildman–Crippen LogP) is 14.2. The largest absolute Gasteiger partial charge is 0.454 e. The van der Waals surface area contributed by atoms with Gasteiger partial charge in [0, 0.05) is 27.3 Å². The highest BCUT2D eigenvalue weighted by Crippen LogP contribution is 2.56. The molecule has 51 heavy (non-hydrogen) atoms. The summed E-state index contributed by atoms with van der Waals surface area (Å²) in [5.74, 6) is 0.590. The molecule has 2 aliphatic carbocycles. The first-order chi connectivity index (χ1) is 25.1. The van der Waals surface area contributed by atoms with E-state index in [2.05, 4.69) is 164 Å². The quantitative estimate of drug-likeness (QED) is 0.183. The molecule has 0 atom stereocenters. The molecule has 8 aromatic rings. The van der Waals surface area contributed by atoms with E-state index in [-0.39, 0.29) is 5.41 Å². The number of fused-ring (bicyclic) bond motifs is 7.